The van der Waals surface area contributed by atoms with Gasteiger partial charge >= 0.3 is 0 Å². The number of nitrogens with one attached hydrogen (secondary N) is 1. The van der Waals surface area contributed by atoms with Crippen LogP contribution in [0, 0.1) is 0 Å². The maximum atomic E-state index is 12.1. The summed E-state index contributed by atoms with van der Waals surface area (Å²) in [5.74, 6) is 2.36. The molecular formula is C21H29N2O4+. The number of rotatable bonds is 11. The number of methoxy groups -OCH3 is 1. The molecule has 6 heteroatoms. The fraction of sp³-hybridized carbons (Fsp3) is 0.381. The first-order valence-electron chi connectivity index (χ1n) is 9.23. The number of anilines is 1. The number of benzene rings is 2. The molecule has 0 spiro atoms. The van der Waals surface area contributed by atoms with Crippen molar-refractivity contribution in [3.63, 3.8) is 0 Å². The topological polar surface area (TPSA) is 73.4 Å². The van der Waals surface area contributed by atoms with Crippen molar-refractivity contribution >= 4 is 11.6 Å². The molecule has 0 fully saturated rings. The molecule has 2 rings (SSSR count). The van der Waals surface area contributed by atoms with Crippen molar-refractivity contribution in [1.82, 2.24) is 0 Å². The smallest absolute Gasteiger partial charge is 0.230 e. The number of quaternary nitrogens is 1. The Hall–Kier alpha value is -2.73. The van der Waals surface area contributed by atoms with E-state index in [1.807, 2.05) is 56.3 Å². The SMILES string of the molecule is CCOc1ccc(OCC[NH2+][C@H](C)CC(=O)Nc2cccc(OC)c2)cc1. The number of nitrogens with two attached hydrogens (primary N) is 1. The average molecular weight is 373 g/mol. The second-order valence-electron chi connectivity index (χ2n) is 6.24. The second-order valence-corrected chi connectivity index (χ2v) is 6.24. The van der Waals surface area contributed by atoms with Crippen molar-refractivity contribution in [2.45, 2.75) is 26.3 Å². The Labute approximate surface area is 160 Å². The van der Waals surface area contributed by atoms with Gasteiger partial charge in [0.25, 0.3) is 0 Å². The number of hydrogen-bond acceptors (Lipinski definition) is 4. The van der Waals surface area contributed by atoms with Gasteiger partial charge in [0.1, 0.15) is 30.4 Å². The lowest BCUT2D eigenvalue weighted by Crippen LogP contribution is -2.90. The number of amides is 1. The van der Waals surface area contributed by atoms with Gasteiger partial charge in [0, 0.05) is 11.8 Å². The van der Waals surface area contributed by atoms with Crippen LogP contribution in [-0.2, 0) is 4.79 Å². The number of hydrogen-bond donors (Lipinski definition) is 2. The summed E-state index contributed by atoms with van der Waals surface area (Å²) in [5.41, 5.74) is 0.741. The Morgan fingerprint density at radius 3 is 2.44 bits per heavy atom. The molecule has 2 aromatic rings. The van der Waals surface area contributed by atoms with Gasteiger partial charge in [-0.3, -0.25) is 4.79 Å². The molecule has 0 aromatic heterocycles. The molecule has 0 aliphatic carbocycles. The molecule has 0 radical (unpaired) electrons. The highest BCUT2D eigenvalue weighted by Crippen LogP contribution is 2.17. The summed E-state index contributed by atoms with van der Waals surface area (Å²) >= 11 is 0. The summed E-state index contributed by atoms with van der Waals surface area (Å²) in [7, 11) is 1.60. The predicted octanol–water partition coefficient (Wildman–Crippen LogP) is 2.45. The van der Waals surface area contributed by atoms with Gasteiger partial charge in [-0.05, 0) is 50.2 Å². The molecule has 1 amide bonds. The van der Waals surface area contributed by atoms with Crippen LogP contribution in [0.4, 0.5) is 5.69 Å². The lowest BCUT2D eigenvalue weighted by Gasteiger charge is -2.12. The molecule has 3 N–H and O–H groups in total. The molecule has 6 nitrogen and oxygen atoms in total. The van der Waals surface area contributed by atoms with Gasteiger partial charge in [-0.1, -0.05) is 6.07 Å². The largest absolute Gasteiger partial charge is 0.497 e. The van der Waals surface area contributed by atoms with Gasteiger partial charge in [-0.15, -0.1) is 0 Å². The Balaban J connectivity index is 1.65. The summed E-state index contributed by atoms with van der Waals surface area (Å²) in [6.45, 7) is 6.00. The zero-order valence-corrected chi connectivity index (χ0v) is 16.2. The van der Waals surface area contributed by atoms with E-state index in [0.29, 0.717) is 19.6 Å². The summed E-state index contributed by atoms with van der Waals surface area (Å²) in [5, 5.41) is 5.01. The van der Waals surface area contributed by atoms with E-state index in [1.54, 1.807) is 13.2 Å². The van der Waals surface area contributed by atoms with Crippen molar-refractivity contribution in [2.75, 3.05) is 32.2 Å². The zero-order chi connectivity index (χ0) is 19.5. The lowest BCUT2D eigenvalue weighted by molar-refractivity contribution is -0.685. The maximum absolute atomic E-state index is 12.1. The first-order valence-corrected chi connectivity index (χ1v) is 9.23. The third-order valence-electron chi connectivity index (χ3n) is 3.95. The minimum Gasteiger partial charge on any atom is -0.497 e. The number of carbonyl (C=O) groups is 1. The summed E-state index contributed by atoms with van der Waals surface area (Å²) in [6.07, 6.45) is 0.431. The van der Waals surface area contributed by atoms with Crippen LogP contribution in [-0.4, -0.2) is 38.8 Å². The van der Waals surface area contributed by atoms with Crippen molar-refractivity contribution in [3.05, 3.63) is 48.5 Å². The Morgan fingerprint density at radius 1 is 1.07 bits per heavy atom. The molecule has 0 saturated heterocycles. The van der Waals surface area contributed by atoms with E-state index in [9.17, 15) is 4.79 Å². The molecule has 0 aliphatic heterocycles. The molecule has 146 valence electrons. The monoisotopic (exact) mass is 373 g/mol. The van der Waals surface area contributed by atoms with Gasteiger partial charge < -0.3 is 24.8 Å². The van der Waals surface area contributed by atoms with E-state index in [0.717, 1.165) is 29.5 Å². The van der Waals surface area contributed by atoms with Crippen LogP contribution in [0.3, 0.4) is 0 Å². The number of ether oxygens (including phenoxy) is 3. The predicted molar refractivity (Wildman–Crippen MR) is 106 cm³/mol. The van der Waals surface area contributed by atoms with Crippen LogP contribution >= 0.6 is 0 Å². The highest BCUT2D eigenvalue weighted by molar-refractivity contribution is 5.91. The van der Waals surface area contributed by atoms with E-state index < -0.39 is 0 Å². The maximum Gasteiger partial charge on any atom is 0.230 e. The zero-order valence-electron chi connectivity index (χ0n) is 16.2. The first kappa shape index (κ1) is 20.6. The van der Waals surface area contributed by atoms with Crippen molar-refractivity contribution in [1.29, 1.82) is 0 Å². The first-order chi connectivity index (χ1) is 13.1. The van der Waals surface area contributed by atoms with E-state index in [4.69, 9.17) is 14.2 Å². The third kappa shape index (κ3) is 7.58. The molecular weight excluding hydrogens is 344 g/mol. The summed E-state index contributed by atoms with van der Waals surface area (Å²) in [4.78, 5) is 12.1. The molecule has 0 saturated carbocycles. The highest BCUT2D eigenvalue weighted by atomic mass is 16.5. The van der Waals surface area contributed by atoms with Crippen LogP contribution in [0.25, 0.3) is 0 Å². The molecule has 0 bridgehead atoms. The normalized spacial score (nSPS) is 11.5. The Bertz CT molecular complexity index is 704. The highest BCUT2D eigenvalue weighted by Gasteiger charge is 2.12. The Kier molecular flexibility index (Phi) is 8.45. The fourth-order valence-electron chi connectivity index (χ4n) is 2.62. The minimum atomic E-state index is -0.0144. The van der Waals surface area contributed by atoms with Crippen LogP contribution in [0.5, 0.6) is 17.2 Å². The molecule has 0 heterocycles. The van der Waals surface area contributed by atoms with Crippen LogP contribution < -0.4 is 24.8 Å². The standard InChI is InChI=1S/C21H28N2O4/c1-4-26-18-8-10-19(11-9-18)27-13-12-22-16(2)14-21(24)23-17-6-5-7-20(15-17)25-3/h5-11,15-16,22H,4,12-14H2,1-3H3,(H,23,24)/p+1/t16-/m1/s1. The van der Waals surface area contributed by atoms with Crippen LogP contribution in [0.1, 0.15) is 20.3 Å². The Morgan fingerprint density at radius 2 is 1.78 bits per heavy atom. The van der Waals surface area contributed by atoms with Gasteiger partial charge in [0.2, 0.25) is 5.91 Å². The average Bonchev–Trinajstić information content (AvgIpc) is 2.66. The van der Waals surface area contributed by atoms with Crippen molar-refractivity contribution in [2.24, 2.45) is 0 Å². The van der Waals surface area contributed by atoms with E-state index in [1.165, 1.54) is 0 Å². The fourth-order valence-corrected chi connectivity index (χ4v) is 2.62. The van der Waals surface area contributed by atoms with Gasteiger partial charge in [0.15, 0.2) is 0 Å². The lowest BCUT2D eigenvalue weighted by atomic mass is 10.2. The third-order valence-corrected chi connectivity index (χ3v) is 3.95. The van der Waals surface area contributed by atoms with Gasteiger partial charge in [-0.2, -0.15) is 0 Å². The molecule has 27 heavy (non-hydrogen) atoms. The number of carbonyl (C=O) groups excluding carboxylic acids is 1. The van der Waals surface area contributed by atoms with E-state index >= 15 is 0 Å². The summed E-state index contributed by atoms with van der Waals surface area (Å²) < 4.78 is 16.3. The van der Waals surface area contributed by atoms with E-state index in [2.05, 4.69) is 10.6 Å². The molecule has 0 unspecified atom stereocenters. The summed E-state index contributed by atoms with van der Waals surface area (Å²) in [6, 6.07) is 15.1. The van der Waals surface area contributed by atoms with Crippen LogP contribution in [0.15, 0.2) is 48.5 Å². The van der Waals surface area contributed by atoms with Crippen LogP contribution in [0.2, 0.25) is 0 Å². The van der Waals surface area contributed by atoms with Crippen molar-refractivity contribution < 1.29 is 24.3 Å². The van der Waals surface area contributed by atoms with Gasteiger partial charge in [0.05, 0.1) is 26.2 Å². The second kappa shape index (κ2) is 11.1. The van der Waals surface area contributed by atoms with E-state index in [-0.39, 0.29) is 11.9 Å². The van der Waals surface area contributed by atoms with Gasteiger partial charge in [-0.25, -0.2) is 0 Å². The quantitative estimate of drug-likeness (QED) is 0.594. The molecule has 0 aliphatic rings. The molecule has 1 atom stereocenters. The molecule has 2 aromatic carbocycles. The minimum absolute atomic E-state index is 0.0144. The van der Waals surface area contributed by atoms with Crippen molar-refractivity contribution in [3.8, 4) is 17.2 Å².